The SMILES string of the molecule is CCOC(=O)C(Cc1cc(F)c(F)cc1F)NC(C)=O. The molecule has 7 heteroatoms. The van der Waals surface area contributed by atoms with Crippen LogP contribution in [0.2, 0.25) is 0 Å². The van der Waals surface area contributed by atoms with Crippen LogP contribution in [-0.4, -0.2) is 24.5 Å². The molecular weight excluding hydrogens is 275 g/mol. The monoisotopic (exact) mass is 289 g/mol. The summed E-state index contributed by atoms with van der Waals surface area (Å²) >= 11 is 0. The molecule has 0 aromatic heterocycles. The van der Waals surface area contributed by atoms with Gasteiger partial charge < -0.3 is 10.1 Å². The molecule has 0 aliphatic rings. The molecule has 110 valence electrons. The van der Waals surface area contributed by atoms with Crippen molar-refractivity contribution in [3.05, 3.63) is 35.1 Å². The Hall–Kier alpha value is -2.05. The van der Waals surface area contributed by atoms with Gasteiger partial charge in [0.15, 0.2) is 11.6 Å². The van der Waals surface area contributed by atoms with Crippen LogP contribution in [0.25, 0.3) is 0 Å². The van der Waals surface area contributed by atoms with E-state index in [1.54, 1.807) is 6.92 Å². The van der Waals surface area contributed by atoms with E-state index in [-0.39, 0.29) is 18.6 Å². The largest absolute Gasteiger partial charge is 0.464 e. The van der Waals surface area contributed by atoms with Gasteiger partial charge in [-0.2, -0.15) is 0 Å². The zero-order chi connectivity index (χ0) is 15.3. The first kappa shape index (κ1) is 16.0. The first-order valence-electron chi connectivity index (χ1n) is 5.92. The van der Waals surface area contributed by atoms with Gasteiger partial charge in [0, 0.05) is 19.4 Å². The molecule has 0 heterocycles. The molecule has 1 atom stereocenters. The van der Waals surface area contributed by atoms with Crippen molar-refractivity contribution in [2.75, 3.05) is 6.61 Å². The topological polar surface area (TPSA) is 55.4 Å². The molecule has 0 aliphatic carbocycles. The Balaban J connectivity index is 2.97. The second kappa shape index (κ2) is 6.93. The number of benzene rings is 1. The third kappa shape index (κ3) is 4.25. The molecule has 20 heavy (non-hydrogen) atoms. The summed E-state index contributed by atoms with van der Waals surface area (Å²) in [5, 5.41) is 2.28. The molecule has 0 saturated carbocycles. The van der Waals surface area contributed by atoms with Crippen LogP contribution in [0.15, 0.2) is 12.1 Å². The van der Waals surface area contributed by atoms with Crippen molar-refractivity contribution < 1.29 is 27.5 Å². The Kier molecular flexibility index (Phi) is 5.54. The molecule has 0 fully saturated rings. The van der Waals surface area contributed by atoms with Crippen LogP contribution in [0.5, 0.6) is 0 Å². The summed E-state index contributed by atoms with van der Waals surface area (Å²) in [4.78, 5) is 22.6. The third-order valence-corrected chi connectivity index (χ3v) is 2.46. The molecule has 0 bridgehead atoms. The van der Waals surface area contributed by atoms with Crippen molar-refractivity contribution in [2.24, 2.45) is 0 Å². The van der Waals surface area contributed by atoms with Crippen LogP contribution in [0.1, 0.15) is 19.4 Å². The minimum atomic E-state index is -1.32. The maximum absolute atomic E-state index is 13.5. The van der Waals surface area contributed by atoms with Crippen molar-refractivity contribution in [2.45, 2.75) is 26.3 Å². The lowest BCUT2D eigenvalue weighted by Gasteiger charge is -2.16. The average molecular weight is 289 g/mol. The number of ether oxygens (including phenoxy) is 1. The highest BCUT2D eigenvalue weighted by molar-refractivity contribution is 5.83. The van der Waals surface area contributed by atoms with Crippen molar-refractivity contribution in [1.29, 1.82) is 0 Å². The van der Waals surface area contributed by atoms with Gasteiger partial charge in [0.2, 0.25) is 5.91 Å². The Labute approximate surface area is 113 Å². The van der Waals surface area contributed by atoms with Gasteiger partial charge in [-0.3, -0.25) is 4.79 Å². The highest BCUT2D eigenvalue weighted by Crippen LogP contribution is 2.16. The molecule has 0 saturated heterocycles. The lowest BCUT2D eigenvalue weighted by Crippen LogP contribution is -2.42. The molecule has 1 aromatic carbocycles. The van der Waals surface area contributed by atoms with Crippen molar-refractivity contribution in [3.8, 4) is 0 Å². The number of amides is 1. The molecular formula is C13H14F3NO3. The predicted octanol–water partition coefficient (Wildman–Crippen LogP) is 1.71. The number of esters is 1. The van der Waals surface area contributed by atoms with Crippen molar-refractivity contribution in [1.82, 2.24) is 5.32 Å². The molecule has 1 rings (SSSR count). The third-order valence-electron chi connectivity index (χ3n) is 2.46. The average Bonchev–Trinajstić information content (AvgIpc) is 2.34. The summed E-state index contributed by atoms with van der Waals surface area (Å²) < 4.78 is 44.1. The quantitative estimate of drug-likeness (QED) is 0.663. The summed E-state index contributed by atoms with van der Waals surface area (Å²) in [6.07, 6.45) is -0.332. The van der Waals surface area contributed by atoms with E-state index in [0.717, 1.165) is 0 Å². The Morgan fingerprint density at radius 1 is 1.20 bits per heavy atom. The normalized spacial score (nSPS) is 11.8. The highest BCUT2D eigenvalue weighted by Gasteiger charge is 2.23. The van der Waals surface area contributed by atoms with E-state index in [2.05, 4.69) is 5.32 Å². The fourth-order valence-corrected chi connectivity index (χ4v) is 1.62. The molecule has 0 radical (unpaired) electrons. The fourth-order valence-electron chi connectivity index (χ4n) is 1.62. The molecule has 0 spiro atoms. The van der Waals surface area contributed by atoms with Crippen LogP contribution in [0, 0.1) is 17.5 Å². The molecule has 1 unspecified atom stereocenters. The Morgan fingerprint density at radius 3 is 2.35 bits per heavy atom. The van der Waals surface area contributed by atoms with E-state index in [1.807, 2.05) is 0 Å². The molecule has 1 aromatic rings. The standard InChI is InChI=1S/C13H14F3NO3/c1-3-20-13(19)12(17-7(2)18)5-8-4-10(15)11(16)6-9(8)14/h4,6,12H,3,5H2,1-2H3,(H,17,18). The predicted molar refractivity (Wildman–Crippen MR) is 64.3 cm³/mol. The van der Waals surface area contributed by atoms with Crippen LogP contribution in [0.3, 0.4) is 0 Å². The van der Waals surface area contributed by atoms with Gasteiger partial charge >= 0.3 is 5.97 Å². The lowest BCUT2D eigenvalue weighted by molar-refractivity contribution is -0.147. The summed E-state index contributed by atoms with van der Waals surface area (Å²) in [6, 6.07) is -0.119. The van der Waals surface area contributed by atoms with Crippen molar-refractivity contribution in [3.63, 3.8) is 0 Å². The van der Waals surface area contributed by atoms with Gasteiger partial charge in [0.05, 0.1) is 6.61 Å². The summed E-state index contributed by atoms with van der Waals surface area (Å²) in [5.74, 6) is -4.84. The smallest absolute Gasteiger partial charge is 0.328 e. The molecule has 0 aliphatic heterocycles. The van der Waals surface area contributed by atoms with Crippen LogP contribution < -0.4 is 5.32 Å². The summed E-state index contributed by atoms with van der Waals surface area (Å²) in [7, 11) is 0. The van der Waals surface area contributed by atoms with Gasteiger partial charge in [-0.05, 0) is 18.6 Å². The van der Waals surface area contributed by atoms with Crippen LogP contribution in [0.4, 0.5) is 13.2 Å². The van der Waals surface area contributed by atoms with Crippen LogP contribution in [-0.2, 0) is 20.7 Å². The second-order valence-electron chi connectivity index (χ2n) is 4.07. The number of hydrogen-bond acceptors (Lipinski definition) is 3. The van der Waals surface area contributed by atoms with E-state index >= 15 is 0 Å². The lowest BCUT2D eigenvalue weighted by atomic mass is 10.0. The molecule has 4 nitrogen and oxygen atoms in total. The number of rotatable bonds is 5. The van der Waals surface area contributed by atoms with Crippen LogP contribution >= 0.6 is 0 Å². The highest BCUT2D eigenvalue weighted by atomic mass is 19.2. The zero-order valence-corrected chi connectivity index (χ0v) is 11.0. The number of nitrogens with one attached hydrogen (secondary N) is 1. The maximum atomic E-state index is 13.5. The number of hydrogen-bond donors (Lipinski definition) is 1. The van der Waals surface area contributed by atoms with Gasteiger partial charge in [0.25, 0.3) is 0 Å². The van der Waals surface area contributed by atoms with Crippen molar-refractivity contribution >= 4 is 11.9 Å². The van der Waals surface area contributed by atoms with E-state index in [0.29, 0.717) is 12.1 Å². The Bertz CT molecular complexity index is 520. The van der Waals surface area contributed by atoms with Gasteiger partial charge in [-0.15, -0.1) is 0 Å². The van der Waals surface area contributed by atoms with Gasteiger partial charge in [-0.1, -0.05) is 0 Å². The number of halogens is 3. The summed E-state index contributed by atoms with van der Waals surface area (Å²) in [6.45, 7) is 2.82. The Morgan fingerprint density at radius 2 is 1.80 bits per heavy atom. The molecule has 1 N–H and O–H groups in total. The van der Waals surface area contributed by atoms with E-state index in [9.17, 15) is 22.8 Å². The minimum Gasteiger partial charge on any atom is -0.464 e. The zero-order valence-electron chi connectivity index (χ0n) is 11.0. The maximum Gasteiger partial charge on any atom is 0.328 e. The van der Waals surface area contributed by atoms with Gasteiger partial charge in [0.1, 0.15) is 11.9 Å². The first-order valence-corrected chi connectivity index (χ1v) is 5.92. The van der Waals surface area contributed by atoms with E-state index in [1.165, 1.54) is 6.92 Å². The van der Waals surface area contributed by atoms with E-state index in [4.69, 9.17) is 4.74 Å². The van der Waals surface area contributed by atoms with E-state index < -0.39 is 35.4 Å². The fraction of sp³-hybridized carbons (Fsp3) is 0.385. The minimum absolute atomic E-state index is 0.0786. The van der Waals surface area contributed by atoms with Gasteiger partial charge in [-0.25, -0.2) is 18.0 Å². The first-order chi connectivity index (χ1) is 9.35. The summed E-state index contributed by atoms with van der Waals surface area (Å²) in [5.41, 5.74) is -0.226. The molecule has 1 amide bonds. The number of carbonyl (C=O) groups is 2. The second-order valence-corrected chi connectivity index (χ2v) is 4.07. The number of carbonyl (C=O) groups excluding carboxylic acids is 2.